The van der Waals surface area contributed by atoms with E-state index in [1.807, 2.05) is 0 Å². The molecule has 28 heavy (non-hydrogen) atoms. The Morgan fingerprint density at radius 3 is 1.57 bits per heavy atom. The molecule has 0 saturated carbocycles. The van der Waals surface area contributed by atoms with Gasteiger partial charge >= 0.3 is 13.2 Å². The molecule has 0 aliphatic rings. The molecule has 10 nitrogen and oxygen atoms in total. The van der Waals surface area contributed by atoms with Crippen molar-refractivity contribution in [3.8, 4) is 23.0 Å². The second-order valence-corrected chi connectivity index (χ2v) is 7.08. The number of benzene rings is 2. The van der Waals surface area contributed by atoms with E-state index in [2.05, 4.69) is 5.32 Å². The van der Waals surface area contributed by atoms with Gasteiger partial charge in [-0.3, -0.25) is 0 Å². The number of carboxylic acids is 1. The lowest BCUT2D eigenvalue weighted by Crippen LogP contribution is -2.57. The third kappa shape index (κ3) is 5.37. The molecule has 0 amide bonds. The number of nitrogens with one attached hydrogen (secondary N) is 1. The lowest BCUT2D eigenvalue weighted by atomic mass is 10.3. The first-order valence-corrected chi connectivity index (χ1v) is 9.47. The maximum absolute atomic E-state index is 12.2. The summed E-state index contributed by atoms with van der Waals surface area (Å²) in [6.07, 6.45) is 0. The van der Waals surface area contributed by atoms with Crippen LogP contribution in [0.25, 0.3) is 0 Å². The number of hydrogen-bond donors (Lipinski definition) is 3. The summed E-state index contributed by atoms with van der Waals surface area (Å²) in [6.45, 7) is -0.947. The van der Waals surface area contributed by atoms with E-state index < -0.39 is 25.8 Å². The van der Waals surface area contributed by atoms with Crippen LogP contribution in [0, 0.1) is 0 Å². The predicted molar refractivity (Wildman–Crippen MR) is 95.0 cm³/mol. The minimum Gasteiger partial charge on any atom is -0.549 e. The maximum atomic E-state index is 12.2. The largest absolute Gasteiger partial charge is 0.549 e. The van der Waals surface area contributed by atoms with Crippen LogP contribution in [0.4, 0.5) is 0 Å². The summed E-state index contributed by atoms with van der Waals surface area (Å²) in [4.78, 5) is 30.7. The smallest absolute Gasteiger partial charge is 0.428 e. The van der Waals surface area contributed by atoms with Gasteiger partial charge in [0.2, 0.25) is 0 Å². The van der Waals surface area contributed by atoms with Crippen molar-refractivity contribution >= 4 is 13.6 Å². The number of rotatable bonds is 10. The van der Waals surface area contributed by atoms with Crippen LogP contribution in [-0.2, 0) is 9.36 Å². The molecule has 0 bridgehead atoms. The monoisotopic (exact) mass is 412 g/mol. The van der Waals surface area contributed by atoms with Crippen LogP contribution in [0.15, 0.2) is 48.5 Å². The van der Waals surface area contributed by atoms with E-state index in [-0.39, 0.29) is 11.5 Å². The number of carboxylic acid groups (broad SMARTS) is 1. The van der Waals surface area contributed by atoms with E-state index in [0.29, 0.717) is 11.5 Å². The van der Waals surface area contributed by atoms with Crippen molar-refractivity contribution in [3.05, 3.63) is 48.5 Å². The van der Waals surface area contributed by atoms with Gasteiger partial charge in [0.15, 0.2) is 0 Å². The molecule has 0 saturated heterocycles. The third-order valence-corrected chi connectivity index (χ3v) is 4.58. The van der Waals surface area contributed by atoms with Crippen LogP contribution >= 0.6 is 7.60 Å². The van der Waals surface area contributed by atoms with E-state index in [0.717, 1.165) is 0 Å². The number of carbonyl (C=O) groups is 1. The summed E-state index contributed by atoms with van der Waals surface area (Å²) in [7, 11) is -2.34. The minimum absolute atomic E-state index is 0.0107. The van der Waals surface area contributed by atoms with Crippen molar-refractivity contribution in [1.29, 1.82) is 0 Å². The van der Waals surface area contributed by atoms with E-state index in [1.165, 1.54) is 62.8 Å². The van der Waals surface area contributed by atoms with Crippen molar-refractivity contribution in [2.24, 2.45) is 0 Å². The van der Waals surface area contributed by atoms with Gasteiger partial charge in [0.25, 0.3) is 0 Å². The Hall–Kier alpha value is -2.78. The number of carbonyl (C=O) groups excluding carboxylic acids is 1. The summed E-state index contributed by atoms with van der Waals surface area (Å²) >= 11 is 0. The minimum atomic E-state index is -5.24. The van der Waals surface area contributed by atoms with Crippen molar-refractivity contribution in [2.45, 2.75) is 5.65 Å². The van der Waals surface area contributed by atoms with Crippen LogP contribution in [-0.4, -0.2) is 42.2 Å². The lowest BCUT2D eigenvalue weighted by molar-refractivity contribution is -0.305. The second-order valence-electron chi connectivity index (χ2n) is 5.41. The summed E-state index contributed by atoms with van der Waals surface area (Å²) in [5.41, 5.74) is -2.82. The summed E-state index contributed by atoms with van der Waals surface area (Å²) in [5, 5.41) is 13.0. The molecule has 0 aromatic heterocycles. The summed E-state index contributed by atoms with van der Waals surface area (Å²) in [5.74, 6) is -0.678. The van der Waals surface area contributed by atoms with E-state index >= 15 is 0 Å². The molecule has 0 unspecified atom stereocenters. The van der Waals surface area contributed by atoms with Gasteiger partial charge in [0.05, 0.1) is 20.2 Å². The summed E-state index contributed by atoms with van der Waals surface area (Å²) < 4.78 is 33.1. The highest BCUT2D eigenvalue weighted by atomic mass is 31.2. The number of aliphatic carboxylic acids is 1. The Labute approximate surface area is 160 Å². The van der Waals surface area contributed by atoms with Gasteiger partial charge in [-0.1, -0.05) is 0 Å². The van der Waals surface area contributed by atoms with Crippen LogP contribution in [0.1, 0.15) is 0 Å². The van der Waals surface area contributed by atoms with Gasteiger partial charge in [0, 0.05) is 6.54 Å². The van der Waals surface area contributed by atoms with E-state index in [4.69, 9.17) is 18.9 Å². The Kier molecular flexibility index (Phi) is 6.87. The quantitative estimate of drug-likeness (QED) is 0.367. The Bertz CT molecular complexity index is 783. The lowest BCUT2D eigenvalue weighted by Gasteiger charge is -2.35. The molecule has 2 aromatic carbocycles. The molecule has 2 rings (SSSR count). The summed E-state index contributed by atoms with van der Waals surface area (Å²) in [6, 6.07) is 11.5. The van der Waals surface area contributed by atoms with Crippen molar-refractivity contribution in [3.63, 3.8) is 0 Å². The number of ether oxygens (including phenoxy) is 4. The first-order valence-electron chi connectivity index (χ1n) is 7.86. The SMILES string of the molecule is COc1ccc(OC(NCC(=O)[O-])(Oc2ccc(OC)cc2)P(=O)(O)O)cc1. The Morgan fingerprint density at radius 1 is 0.929 bits per heavy atom. The van der Waals surface area contributed by atoms with E-state index in [1.54, 1.807) is 0 Å². The zero-order chi connectivity index (χ0) is 20.8. The van der Waals surface area contributed by atoms with Gasteiger partial charge in [-0.05, 0) is 48.5 Å². The maximum Gasteiger partial charge on any atom is 0.428 e. The molecule has 2 aromatic rings. The normalized spacial score (nSPS) is 11.6. The molecule has 0 atom stereocenters. The average molecular weight is 412 g/mol. The molecule has 0 fully saturated rings. The molecular weight excluding hydrogens is 393 g/mol. The highest BCUT2D eigenvalue weighted by molar-refractivity contribution is 7.53. The molecule has 11 heteroatoms. The zero-order valence-electron chi connectivity index (χ0n) is 15.0. The van der Waals surface area contributed by atoms with Crippen LogP contribution in [0.3, 0.4) is 0 Å². The second kappa shape index (κ2) is 8.94. The molecule has 0 heterocycles. The van der Waals surface area contributed by atoms with Gasteiger partial charge in [-0.15, -0.1) is 0 Å². The van der Waals surface area contributed by atoms with Gasteiger partial charge in [0.1, 0.15) is 23.0 Å². The first kappa shape index (κ1) is 21.5. The van der Waals surface area contributed by atoms with Gasteiger partial charge < -0.3 is 38.6 Å². The molecule has 152 valence electrons. The fourth-order valence-electron chi connectivity index (χ4n) is 2.11. The number of hydrogen-bond acceptors (Lipinski definition) is 8. The Morgan fingerprint density at radius 2 is 1.29 bits per heavy atom. The molecule has 0 aliphatic carbocycles. The average Bonchev–Trinajstić information content (AvgIpc) is 2.66. The zero-order valence-corrected chi connectivity index (χ0v) is 15.9. The first-order chi connectivity index (χ1) is 13.2. The highest BCUT2D eigenvalue weighted by Gasteiger charge is 2.53. The predicted octanol–water partition coefficient (Wildman–Crippen LogP) is 0.290. The van der Waals surface area contributed by atoms with Gasteiger partial charge in [-0.25, -0.2) is 9.88 Å². The topological polar surface area (TPSA) is 147 Å². The fraction of sp³-hybridized carbons (Fsp3) is 0.235. The van der Waals surface area contributed by atoms with Crippen LogP contribution in [0.5, 0.6) is 23.0 Å². The van der Waals surface area contributed by atoms with Crippen molar-refractivity contribution in [2.75, 3.05) is 20.8 Å². The molecule has 0 radical (unpaired) electrons. The van der Waals surface area contributed by atoms with Crippen molar-refractivity contribution < 1.29 is 43.2 Å². The van der Waals surface area contributed by atoms with Crippen molar-refractivity contribution in [1.82, 2.24) is 5.32 Å². The Balaban J connectivity index is 2.42. The standard InChI is InChI=1S/C17H20NO9P/c1-24-12-3-7-14(8-4-12)26-17(28(21,22)23,18-11-16(19)20)27-15-9-5-13(25-2)6-10-15/h3-10,18H,11H2,1-2H3,(H,19,20)(H2,21,22,23)/p-1. The third-order valence-electron chi connectivity index (χ3n) is 3.47. The fourth-order valence-corrected chi connectivity index (χ4v) is 2.84. The highest BCUT2D eigenvalue weighted by Crippen LogP contribution is 2.50. The van der Waals surface area contributed by atoms with Gasteiger partial charge in [-0.2, -0.15) is 0 Å². The number of methoxy groups -OCH3 is 2. The van der Waals surface area contributed by atoms with E-state index in [9.17, 15) is 24.3 Å². The molecular formula is C17H19NO9P-. The van der Waals surface area contributed by atoms with Crippen LogP contribution in [0.2, 0.25) is 0 Å². The molecule has 0 aliphatic heterocycles. The molecule has 3 N–H and O–H groups in total. The van der Waals surface area contributed by atoms with Crippen LogP contribution < -0.4 is 29.4 Å². The molecule has 0 spiro atoms.